The lowest BCUT2D eigenvalue weighted by molar-refractivity contribution is 0.196. The van der Waals surface area contributed by atoms with E-state index in [-0.39, 0.29) is 11.5 Å². The van der Waals surface area contributed by atoms with Crippen molar-refractivity contribution in [3.05, 3.63) is 27.9 Å². The van der Waals surface area contributed by atoms with Gasteiger partial charge in [-0.05, 0) is 11.8 Å². The van der Waals surface area contributed by atoms with Gasteiger partial charge < -0.3 is 10.6 Å². The van der Waals surface area contributed by atoms with Crippen LogP contribution in [0.5, 0.6) is 5.06 Å². The highest BCUT2D eigenvalue weighted by Crippen LogP contribution is 2.45. The average molecular weight is 402 g/mol. The van der Waals surface area contributed by atoms with Gasteiger partial charge in [-0.3, -0.25) is 4.99 Å². The number of rotatable bonds is 5. The summed E-state index contributed by atoms with van der Waals surface area (Å²) in [6.45, 7) is 8.89. The Morgan fingerprint density at radius 1 is 1.44 bits per heavy atom. The molecule has 0 aromatic carbocycles. The van der Waals surface area contributed by atoms with E-state index in [2.05, 4.69) is 33.1 Å². The summed E-state index contributed by atoms with van der Waals surface area (Å²) in [5, 5.41) is 1.37. The topological polar surface area (TPSA) is 85.4 Å². The third-order valence-electron chi connectivity index (χ3n) is 3.55. The summed E-state index contributed by atoms with van der Waals surface area (Å²) in [6, 6.07) is 1.80. The molecule has 9 heteroatoms. The zero-order valence-electron chi connectivity index (χ0n) is 14.9. The third kappa shape index (κ3) is 5.64. The van der Waals surface area contributed by atoms with Crippen LogP contribution in [0.15, 0.2) is 17.3 Å². The zero-order chi connectivity index (χ0) is 18.4. The van der Waals surface area contributed by atoms with Gasteiger partial charge in [0, 0.05) is 12.5 Å². The second kappa shape index (κ2) is 8.93. The van der Waals surface area contributed by atoms with Crippen LogP contribution >= 0.6 is 34.7 Å². The van der Waals surface area contributed by atoms with Crippen LogP contribution in [0.4, 0.5) is 0 Å². The predicted octanol–water partition coefficient (Wildman–Crippen LogP) is 4.58. The van der Waals surface area contributed by atoms with Gasteiger partial charge in [0.05, 0.1) is 51.9 Å². The highest BCUT2D eigenvalue weighted by atomic mass is 35.5. The summed E-state index contributed by atoms with van der Waals surface area (Å²) in [5.41, 5.74) is 9.82. The molecule has 1 aliphatic heterocycles. The van der Waals surface area contributed by atoms with Crippen molar-refractivity contribution in [2.75, 3.05) is 0 Å². The maximum atomic E-state index is 6.37. The van der Waals surface area contributed by atoms with Crippen LogP contribution in [0.1, 0.15) is 57.1 Å². The number of aliphatic imine (C=N–C) groups is 1. The lowest BCUT2D eigenvalue weighted by atomic mass is 9.80. The van der Waals surface area contributed by atoms with Crippen molar-refractivity contribution in [2.24, 2.45) is 16.1 Å². The number of hydrogen-bond acceptors (Lipinski definition) is 8. The molecule has 2 aromatic rings. The van der Waals surface area contributed by atoms with Crippen LogP contribution in [0.3, 0.4) is 0 Å². The number of amidine groups is 1. The van der Waals surface area contributed by atoms with E-state index in [0.717, 1.165) is 23.4 Å². The standard InChI is InChI=1S/C14H18ClN5OS2.C2H6/c1-14(2)4-10(19-11(16)5-14)13-9(15)3-12(22-13)21-17-6-8-7-18-23-20-8;1-2/h3,7,10,17H,4-6H2,1-2H3,(H2,16,19);1-2H3/t10-;/m0./s1. The molecule has 0 saturated carbocycles. The molecule has 138 valence electrons. The number of thiophene rings is 1. The average Bonchev–Trinajstić information content (AvgIpc) is 3.17. The van der Waals surface area contributed by atoms with E-state index in [1.807, 2.05) is 13.8 Å². The van der Waals surface area contributed by atoms with Crippen molar-refractivity contribution in [3.8, 4) is 5.06 Å². The molecule has 0 aliphatic carbocycles. The summed E-state index contributed by atoms with van der Waals surface area (Å²) in [4.78, 5) is 11.1. The molecule has 3 heterocycles. The van der Waals surface area contributed by atoms with Crippen LogP contribution in [0, 0.1) is 5.41 Å². The highest BCUT2D eigenvalue weighted by Gasteiger charge is 2.32. The van der Waals surface area contributed by atoms with Crippen LogP contribution in [0.25, 0.3) is 0 Å². The molecule has 1 aliphatic rings. The minimum Gasteiger partial charge on any atom is -0.397 e. The lowest BCUT2D eigenvalue weighted by Crippen LogP contribution is -2.29. The Bertz CT molecular complexity index is 699. The first-order valence-electron chi connectivity index (χ1n) is 8.20. The number of aromatic nitrogens is 2. The SMILES string of the molecule is CC.CC1(C)CC(N)=N[C@H](c2sc(ONCc3cnsn3)cc2Cl)C1. The number of nitrogens with zero attached hydrogens (tertiary/aromatic N) is 3. The van der Waals surface area contributed by atoms with Gasteiger partial charge >= 0.3 is 0 Å². The number of hydroxylamine groups is 1. The highest BCUT2D eigenvalue weighted by molar-refractivity contribution is 7.14. The molecule has 0 unspecified atom stereocenters. The fraction of sp³-hybridized carbons (Fsp3) is 0.562. The second-order valence-electron chi connectivity index (χ2n) is 6.28. The fourth-order valence-corrected chi connectivity index (χ4v) is 4.37. The lowest BCUT2D eigenvalue weighted by Gasteiger charge is -2.32. The van der Waals surface area contributed by atoms with Gasteiger partial charge in [-0.1, -0.05) is 50.6 Å². The van der Waals surface area contributed by atoms with Crippen molar-refractivity contribution in [2.45, 2.75) is 53.1 Å². The van der Waals surface area contributed by atoms with E-state index in [1.165, 1.54) is 23.1 Å². The molecule has 0 fully saturated rings. The maximum absolute atomic E-state index is 6.37. The molecule has 0 radical (unpaired) electrons. The van der Waals surface area contributed by atoms with Crippen LogP contribution < -0.4 is 16.1 Å². The van der Waals surface area contributed by atoms with Crippen molar-refractivity contribution in [1.82, 2.24) is 14.2 Å². The Balaban J connectivity index is 0.00000109. The van der Waals surface area contributed by atoms with Crippen molar-refractivity contribution < 1.29 is 4.84 Å². The molecule has 25 heavy (non-hydrogen) atoms. The molecule has 6 nitrogen and oxygen atoms in total. The normalized spacial score (nSPS) is 18.9. The van der Waals surface area contributed by atoms with E-state index >= 15 is 0 Å². The van der Waals surface area contributed by atoms with Crippen LogP contribution in [-0.2, 0) is 6.54 Å². The first-order valence-corrected chi connectivity index (χ1v) is 10.1. The quantitative estimate of drug-likeness (QED) is 0.716. The van der Waals surface area contributed by atoms with Gasteiger partial charge in [-0.25, -0.2) is 0 Å². The van der Waals surface area contributed by atoms with Crippen molar-refractivity contribution in [1.29, 1.82) is 0 Å². The van der Waals surface area contributed by atoms with Crippen molar-refractivity contribution in [3.63, 3.8) is 0 Å². The first kappa shape index (κ1) is 20.1. The Morgan fingerprint density at radius 3 is 2.84 bits per heavy atom. The minimum absolute atomic E-state index is 0.00339. The van der Waals surface area contributed by atoms with Gasteiger partial charge in [-0.2, -0.15) is 8.75 Å². The maximum Gasteiger partial charge on any atom is 0.202 e. The van der Waals surface area contributed by atoms with Gasteiger partial charge in [0.1, 0.15) is 0 Å². The van der Waals surface area contributed by atoms with E-state index < -0.39 is 0 Å². The van der Waals surface area contributed by atoms with E-state index in [9.17, 15) is 0 Å². The monoisotopic (exact) mass is 401 g/mol. The van der Waals surface area contributed by atoms with Crippen molar-refractivity contribution >= 4 is 40.5 Å². The molecule has 3 rings (SSSR count). The molecule has 1 atom stereocenters. The molecule has 3 N–H and O–H groups in total. The largest absolute Gasteiger partial charge is 0.397 e. The summed E-state index contributed by atoms with van der Waals surface area (Å²) in [7, 11) is 0. The van der Waals surface area contributed by atoms with E-state index in [0.29, 0.717) is 22.5 Å². The Kier molecular flexibility index (Phi) is 7.18. The van der Waals surface area contributed by atoms with Gasteiger partial charge in [0.2, 0.25) is 5.06 Å². The third-order valence-corrected chi connectivity index (χ3v) is 5.61. The number of nitrogens with one attached hydrogen (secondary N) is 1. The summed E-state index contributed by atoms with van der Waals surface area (Å²) in [5.74, 6) is 0.687. The smallest absolute Gasteiger partial charge is 0.202 e. The molecule has 0 saturated heterocycles. The molecule has 2 aromatic heterocycles. The summed E-state index contributed by atoms with van der Waals surface area (Å²) in [6.07, 6.45) is 3.44. The molecule has 0 amide bonds. The second-order valence-corrected chi connectivity index (χ2v) is 8.29. The van der Waals surface area contributed by atoms with Gasteiger partial charge in [0.25, 0.3) is 0 Å². The number of halogens is 1. The van der Waals surface area contributed by atoms with E-state index in [1.54, 1.807) is 12.3 Å². The van der Waals surface area contributed by atoms with E-state index in [4.69, 9.17) is 22.2 Å². The molecule has 0 spiro atoms. The Hall–Kier alpha value is -1.22. The summed E-state index contributed by atoms with van der Waals surface area (Å²) >= 11 is 9.03. The van der Waals surface area contributed by atoms with Crippen LogP contribution in [0.2, 0.25) is 5.02 Å². The Morgan fingerprint density at radius 2 is 2.20 bits per heavy atom. The molecule has 0 bridgehead atoms. The molecular formula is C16H24ClN5OS2. The number of hydrogen-bond donors (Lipinski definition) is 2. The minimum atomic E-state index is -0.00339. The number of nitrogens with two attached hydrogens (primary N) is 1. The van der Waals surface area contributed by atoms with Crippen LogP contribution in [-0.4, -0.2) is 14.6 Å². The molecular weight excluding hydrogens is 378 g/mol. The first-order chi connectivity index (χ1) is 11.9. The predicted molar refractivity (Wildman–Crippen MR) is 105 cm³/mol. The van der Waals surface area contributed by atoms with Gasteiger partial charge in [0.15, 0.2) is 0 Å². The summed E-state index contributed by atoms with van der Waals surface area (Å²) < 4.78 is 8.04. The fourth-order valence-electron chi connectivity index (χ4n) is 2.61. The zero-order valence-corrected chi connectivity index (χ0v) is 17.3. The van der Waals surface area contributed by atoms with Gasteiger partial charge in [-0.15, -0.1) is 5.48 Å². The Labute approximate surface area is 161 Å².